The molecule has 1 aliphatic rings. The Morgan fingerprint density at radius 3 is 1.96 bits per heavy atom. The average molecular weight is 387 g/mol. The van der Waals surface area contributed by atoms with Crippen LogP contribution in [0.1, 0.15) is 54.9 Å². The van der Waals surface area contributed by atoms with Crippen LogP contribution in [-0.4, -0.2) is 60.0 Å². The maximum atomic E-state index is 12.6. The summed E-state index contributed by atoms with van der Waals surface area (Å²) in [5, 5.41) is 12.6. The van der Waals surface area contributed by atoms with Gasteiger partial charge in [0.25, 0.3) is 0 Å². The minimum Gasteiger partial charge on any atom is -0.456 e. The van der Waals surface area contributed by atoms with E-state index in [4.69, 9.17) is 14.2 Å². The van der Waals surface area contributed by atoms with Crippen molar-refractivity contribution in [2.45, 2.75) is 85.3 Å². The van der Waals surface area contributed by atoms with Gasteiger partial charge in [-0.2, -0.15) is 0 Å². The van der Waals surface area contributed by atoms with E-state index in [1.165, 1.54) is 13.8 Å². The number of ether oxygens (including phenoxy) is 3. The van der Waals surface area contributed by atoms with Gasteiger partial charge in [0.1, 0.15) is 6.10 Å². The number of rotatable bonds is 6. The Bertz CT molecular complexity index is 541. The number of nitrogens with one attached hydrogen (secondary N) is 1. The summed E-state index contributed by atoms with van der Waals surface area (Å²) in [5.41, 5.74) is -0.673. The van der Waals surface area contributed by atoms with Gasteiger partial charge in [0.05, 0.1) is 18.8 Å². The van der Waals surface area contributed by atoms with Crippen molar-refractivity contribution in [3.05, 3.63) is 0 Å². The van der Waals surface area contributed by atoms with Crippen molar-refractivity contribution in [2.24, 2.45) is 11.3 Å². The number of carbonyl (C=O) groups excluding carboxylic acids is 3. The summed E-state index contributed by atoms with van der Waals surface area (Å²) in [5.74, 6) is -1.19. The first kappa shape index (κ1) is 23.4. The first-order valence-electron chi connectivity index (χ1n) is 9.28. The Labute approximate surface area is 160 Å². The van der Waals surface area contributed by atoms with Crippen LogP contribution in [-0.2, 0) is 28.6 Å². The minimum atomic E-state index is -1.02. The van der Waals surface area contributed by atoms with E-state index in [1.807, 2.05) is 13.8 Å². The van der Waals surface area contributed by atoms with Gasteiger partial charge in [0.2, 0.25) is 5.91 Å². The summed E-state index contributed by atoms with van der Waals surface area (Å²) >= 11 is 0. The number of aliphatic hydroxyl groups excluding tert-OH is 1. The molecule has 0 aromatic carbocycles. The normalized spacial score (nSPS) is 28.6. The average Bonchev–Trinajstić information content (AvgIpc) is 2.50. The van der Waals surface area contributed by atoms with E-state index >= 15 is 0 Å². The minimum absolute atomic E-state index is 0.228. The van der Waals surface area contributed by atoms with Crippen LogP contribution in [0.15, 0.2) is 0 Å². The lowest BCUT2D eigenvalue weighted by Crippen LogP contribution is -2.67. The highest BCUT2D eigenvalue weighted by atomic mass is 16.6. The summed E-state index contributed by atoms with van der Waals surface area (Å²) in [4.78, 5) is 35.9. The summed E-state index contributed by atoms with van der Waals surface area (Å²) < 4.78 is 16.7. The Morgan fingerprint density at radius 1 is 1.04 bits per heavy atom. The standard InChI is InChI=1S/C19H33NO7/c1-10(2)8-13-15(20-18(24)19(5,6)7)17(26-12(4)23)16(25-11(3)22)14(9-21)27-13/h10,13-17,21H,8-9H2,1-7H3,(H,20,24)/t13-,14-,15+,16-,17-/m1/s1. The number of esters is 2. The monoisotopic (exact) mass is 387 g/mol. The third-order valence-corrected chi connectivity index (χ3v) is 4.26. The smallest absolute Gasteiger partial charge is 0.303 e. The molecule has 1 aliphatic heterocycles. The van der Waals surface area contributed by atoms with E-state index in [1.54, 1.807) is 20.8 Å². The fraction of sp³-hybridized carbons (Fsp3) is 0.842. The quantitative estimate of drug-likeness (QED) is 0.659. The molecule has 0 unspecified atom stereocenters. The molecule has 5 atom stereocenters. The van der Waals surface area contributed by atoms with Crippen LogP contribution in [0.2, 0.25) is 0 Å². The molecule has 1 saturated heterocycles. The van der Waals surface area contributed by atoms with Gasteiger partial charge >= 0.3 is 11.9 Å². The van der Waals surface area contributed by atoms with Crippen molar-refractivity contribution < 1.29 is 33.7 Å². The fourth-order valence-electron chi connectivity index (χ4n) is 3.04. The number of carbonyl (C=O) groups is 3. The second-order valence-electron chi connectivity index (χ2n) is 8.42. The van der Waals surface area contributed by atoms with E-state index in [0.29, 0.717) is 6.42 Å². The SMILES string of the molecule is CC(=O)O[C@@H]1[C@@H](NC(=O)C(C)(C)C)[C@@H](CC(C)C)O[C@H](CO)[C@H]1OC(C)=O. The Morgan fingerprint density at radius 2 is 1.56 bits per heavy atom. The van der Waals surface area contributed by atoms with Crippen LogP contribution in [0.4, 0.5) is 0 Å². The van der Waals surface area contributed by atoms with Crippen LogP contribution in [0.3, 0.4) is 0 Å². The molecule has 0 bridgehead atoms. The Kier molecular flexibility index (Phi) is 8.23. The summed E-state index contributed by atoms with van der Waals surface area (Å²) in [6.45, 7) is 11.4. The van der Waals surface area contributed by atoms with Gasteiger partial charge in [-0.1, -0.05) is 34.6 Å². The third-order valence-electron chi connectivity index (χ3n) is 4.26. The molecule has 0 aromatic heterocycles. The molecule has 0 saturated carbocycles. The Hall–Kier alpha value is -1.67. The largest absolute Gasteiger partial charge is 0.456 e. The summed E-state index contributed by atoms with van der Waals surface area (Å²) in [6.07, 6.45) is -2.79. The maximum Gasteiger partial charge on any atom is 0.303 e. The first-order valence-corrected chi connectivity index (χ1v) is 9.28. The summed E-state index contributed by atoms with van der Waals surface area (Å²) in [7, 11) is 0. The lowest BCUT2D eigenvalue weighted by atomic mass is 9.86. The summed E-state index contributed by atoms with van der Waals surface area (Å²) in [6, 6.07) is -0.713. The second kappa shape index (κ2) is 9.50. The van der Waals surface area contributed by atoms with E-state index in [2.05, 4.69) is 5.32 Å². The predicted octanol–water partition coefficient (Wildman–Crippen LogP) is 1.19. The molecule has 1 amide bonds. The third kappa shape index (κ3) is 6.77. The zero-order valence-corrected chi connectivity index (χ0v) is 17.3. The fourth-order valence-corrected chi connectivity index (χ4v) is 3.04. The molecule has 156 valence electrons. The topological polar surface area (TPSA) is 111 Å². The number of hydrogen-bond acceptors (Lipinski definition) is 7. The van der Waals surface area contributed by atoms with Gasteiger partial charge in [0.15, 0.2) is 12.2 Å². The number of hydrogen-bond donors (Lipinski definition) is 2. The maximum absolute atomic E-state index is 12.6. The number of amides is 1. The second-order valence-corrected chi connectivity index (χ2v) is 8.42. The van der Waals surface area contributed by atoms with Crippen LogP contribution in [0.25, 0.3) is 0 Å². The van der Waals surface area contributed by atoms with Crippen LogP contribution >= 0.6 is 0 Å². The molecule has 0 radical (unpaired) electrons. The zero-order chi connectivity index (χ0) is 20.9. The molecular formula is C19H33NO7. The molecule has 0 spiro atoms. The Balaban J connectivity index is 3.30. The molecular weight excluding hydrogens is 354 g/mol. The van der Waals surface area contributed by atoms with Crippen molar-refractivity contribution in [3.63, 3.8) is 0 Å². The van der Waals surface area contributed by atoms with E-state index in [-0.39, 0.29) is 11.8 Å². The van der Waals surface area contributed by atoms with E-state index < -0.39 is 54.4 Å². The van der Waals surface area contributed by atoms with Crippen molar-refractivity contribution in [1.82, 2.24) is 5.32 Å². The molecule has 0 aliphatic carbocycles. The van der Waals surface area contributed by atoms with Crippen molar-refractivity contribution in [2.75, 3.05) is 6.61 Å². The van der Waals surface area contributed by atoms with Crippen LogP contribution < -0.4 is 5.32 Å². The number of aliphatic hydroxyl groups is 1. The van der Waals surface area contributed by atoms with E-state index in [9.17, 15) is 19.5 Å². The lowest BCUT2D eigenvalue weighted by Gasteiger charge is -2.46. The van der Waals surface area contributed by atoms with Crippen molar-refractivity contribution in [3.8, 4) is 0 Å². The molecule has 27 heavy (non-hydrogen) atoms. The zero-order valence-electron chi connectivity index (χ0n) is 17.3. The molecule has 8 nitrogen and oxygen atoms in total. The van der Waals surface area contributed by atoms with Crippen molar-refractivity contribution >= 4 is 17.8 Å². The van der Waals surface area contributed by atoms with E-state index in [0.717, 1.165) is 0 Å². The van der Waals surface area contributed by atoms with Gasteiger partial charge in [-0.3, -0.25) is 14.4 Å². The highest BCUT2D eigenvalue weighted by Gasteiger charge is 2.50. The predicted molar refractivity (Wildman–Crippen MR) is 97.7 cm³/mol. The van der Waals surface area contributed by atoms with Gasteiger partial charge in [-0.15, -0.1) is 0 Å². The molecule has 0 aromatic rings. The van der Waals surface area contributed by atoms with Gasteiger partial charge < -0.3 is 24.6 Å². The lowest BCUT2D eigenvalue weighted by molar-refractivity contribution is -0.223. The van der Waals surface area contributed by atoms with Gasteiger partial charge in [-0.05, 0) is 12.3 Å². The highest BCUT2D eigenvalue weighted by Crippen LogP contribution is 2.30. The molecule has 8 heteroatoms. The van der Waals surface area contributed by atoms with Crippen LogP contribution in [0.5, 0.6) is 0 Å². The molecule has 1 heterocycles. The van der Waals surface area contributed by atoms with Crippen LogP contribution in [0, 0.1) is 11.3 Å². The van der Waals surface area contributed by atoms with Gasteiger partial charge in [-0.25, -0.2) is 0 Å². The molecule has 1 rings (SSSR count). The van der Waals surface area contributed by atoms with Crippen molar-refractivity contribution in [1.29, 1.82) is 0 Å². The van der Waals surface area contributed by atoms with Gasteiger partial charge in [0, 0.05) is 19.3 Å². The molecule has 2 N–H and O–H groups in total. The molecule has 1 fully saturated rings. The highest BCUT2D eigenvalue weighted by molar-refractivity contribution is 5.81. The first-order chi connectivity index (χ1) is 12.4.